The molecular formula is C17H22FN3O4S. The van der Waals surface area contributed by atoms with Crippen LogP contribution in [0.2, 0.25) is 0 Å². The van der Waals surface area contributed by atoms with Gasteiger partial charge in [-0.1, -0.05) is 0 Å². The average Bonchev–Trinajstić information content (AvgIpc) is 3.23. The lowest BCUT2D eigenvalue weighted by Gasteiger charge is -2.22. The third kappa shape index (κ3) is 3.60. The molecule has 0 saturated carbocycles. The van der Waals surface area contributed by atoms with E-state index in [0.717, 1.165) is 0 Å². The van der Waals surface area contributed by atoms with Crippen LogP contribution in [-0.2, 0) is 14.8 Å². The Kier molecular flexibility index (Phi) is 5.31. The average molecular weight is 383 g/mol. The Morgan fingerprint density at radius 2 is 2.15 bits per heavy atom. The second kappa shape index (κ2) is 7.34. The number of benzene rings is 1. The van der Waals surface area contributed by atoms with E-state index in [1.165, 1.54) is 37.6 Å². The van der Waals surface area contributed by atoms with Crippen molar-refractivity contribution in [2.75, 3.05) is 40.2 Å². The molecular weight excluding hydrogens is 361 g/mol. The van der Waals surface area contributed by atoms with Crippen LogP contribution in [0.25, 0.3) is 11.4 Å². The van der Waals surface area contributed by atoms with Gasteiger partial charge in [0.2, 0.25) is 10.0 Å². The molecule has 2 heterocycles. The molecule has 1 fully saturated rings. The van der Waals surface area contributed by atoms with Crippen molar-refractivity contribution in [3.05, 3.63) is 36.4 Å². The number of hydrogen-bond acceptors (Lipinski definition) is 5. The van der Waals surface area contributed by atoms with Gasteiger partial charge in [0.1, 0.15) is 17.4 Å². The van der Waals surface area contributed by atoms with Crippen molar-refractivity contribution in [1.29, 1.82) is 0 Å². The Labute approximate surface area is 152 Å². The molecule has 1 saturated heterocycles. The summed E-state index contributed by atoms with van der Waals surface area (Å²) in [6.45, 7) is 0.679. The normalized spacial score (nSPS) is 20.7. The fourth-order valence-electron chi connectivity index (χ4n) is 3.07. The van der Waals surface area contributed by atoms with Crippen molar-refractivity contribution >= 4 is 10.0 Å². The van der Waals surface area contributed by atoms with Gasteiger partial charge in [0.15, 0.2) is 0 Å². The number of methoxy groups -OCH3 is 1. The molecule has 2 aromatic rings. The van der Waals surface area contributed by atoms with Gasteiger partial charge >= 0.3 is 0 Å². The maximum absolute atomic E-state index is 14.4. The molecule has 0 spiro atoms. The first-order chi connectivity index (χ1) is 12.3. The standard InChI is InChI=1S/C17H22FN3O4S/c1-20(2)26(22,23)11-12-9-25-10-16(12)21-7-6-19-17(21)14-8-13(24-3)4-5-15(14)18/h4-8,12,16H,9-11H2,1-3H3/t12-,16-/m1/s1. The number of ether oxygens (including phenoxy) is 2. The van der Waals surface area contributed by atoms with E-state index in [0.29, 0.717) is 30.4 Å². The molecule has 3 rings (SSSR count). The minimum Gasteiger partial charge on any atom is -0.497 e. The second-order valence-corrected chi connectivity index (χ2v) is 8.66. The van der Waals surface area contributed by atoms with Crippen LogP contribution in [0, 0.1) is 11.7 Å². The van der Waals surface area contributed by atoms with Gasteiger partial charge in [-0.2, -0.15) is 0 Å². The highest BCUT2D eigenvalue weighted by Crippen LogP contribution is 2.33. The van der Waals surface area contributed by atoms with Crippen molar-refractivity contribution in [3.63, 3.8) is 0 Å². The first-order valence-electron chi connectivity index (χ1n) is 8.18. The van der Waals surface area contributed by atoms with Crippen molar-refractivity contribution < 1.29 is 22.3 Å². The van der Waals surface area contributed by atoms with Gasteiger partial charge in [-0.3, -0.25) is 0 Å². The number of nitrogens with zero attached hydrogens (tertiary/aromatic N) is 3. The minimum absolute atomic E-state index is 0.0388. The number of rotatable bonds is 6. The second-order valence-electron chi connectivity index (χ2n) is 6.43. The SMILES string of the molecule is COc1ccc(F)c(-c2nccn2[C@@H]2COC[C@@H]2CS(=O)(=O)N(C)C)c1. The summed E-state index contributed by atoms with van der Waals surface area (Å²) in [5.74, 6) is 0.233. The molecule has 9 heteroatoms. The lowest BCUT2D eigenvalue weighted by Crippen LogP contribution is -2.32. The smallest absolute Gasteiger partial charge is 0.214 e. The number of sulfonamides is 1. The maximum atomic E-state index is 14.4. The highest BCUT2D eigenvalue weighted by Gasteiger charge is 2.35. The lowest BCUT2D eigenvalue weighted by atomic mass is 10.1. The van der Waals surface area contributed by atoms with E-state index in [1.54, 1.807) is 23.0 Å². The van der Waals surface area contributed by atoms with Gasteiger partial charge < -0.3 is 14.0 Å². The number of aromatic nitrogens is 2. The van der Waals surface area contributed by atoms with E-state index < -0.39 is 15.8 Å². The fraction of sp³-hybridized carbons (Fsp3) is 0.471. The van der Waals surface area contributed by atoms with Gasteiger partial charge in [-0.05, 0) is 18.2 Å². The largest absolute Gasteiger partial charge is 0.497 e. The molecule has 0 bridgehead atoms. The van der Waals surface area contributed by atoms with Crippen LogP contribution in [0.15, 0.2) is 30.6 Å². The lowest BCUT2D eigenvalue weighted by molar-refractivity contribution is 0.182. The molecule has 7 nitrogen and oxygen atoms in total. The Hall–Kier alpha value is -1.97. The van der Waals surface area contributed by atoms with E-state index in [-0.39, 0.29) is 17.7 Å². The van der Waals surface area contributed by atoms with Gasteiger partial charge in [-0.15, -0.1) is 0 Å². The summed E-state index contributed by atoms with van der Waals surface area (Å²) in [6, 6.07) is 4.20. The Morgan fingerprint density at radius 3 is 2.85 bits per heavy atom. The summed E-state index contributed by atoms with van der Waals surface area (Å²) in [5, 5.41) is 0. The molecule has 0 N–H and O–H groups in total. The topological polar surface area (TPSA) is 73.7 Å². The maximum Gasteiger partial charge on any atom is 0.214 e. The summed E-state index contributed by atoms with van der Waals surface area (Å²) in [6.07, 6.45) is 3.30. The molecule has 2 atom stereocenters. The quantitative estimate of drug-likeness (QED) is 0.760. The van der Waals surface area contributed by atoms with Crippen LogP contribution in [0.4, 0.5) is 4.39 Å². The zero-order valence-electron chi connectivity index (χ0n) is 14.9. The number of halogens is 1. The molecule has 1 aliphatic rings. The molecule has 1 aromatic carbocycles. The first kappa shape index (κ1) is 18.8. The van der Waals surface area contributed by atoms with Crippen molar-refractivity contribution in [2.45, 2.75) is 6.04 Å². The molecule has 0 unspecified atom stereocenters. The number of hydrogen-bond donors (Lipinski definition) is 0. The van der Waals surface area contributed by atoms with Gasteiger partial charge in [-0.25, -0.2) is 22.1 Å². The molecule has 142 valence electrons. The highest BCUT2D eigenvalue weighted by molar-refractivity contribution is 7.89. The highest BCUT2D eigenvalue weighted by atomic mass is 32.2. The molecule has 0 radical (unpaired) electrons. The summed E-state index contributed by atoms with van der Waals surface area (Å²) in [7, 11) is 1.15. The minimum atomic E-state index is -3.38. The zero-order chi connectivity index (χ0) is 18.9. The first-order valence-corrected chi connectivity index (χ1v) is 9.79. The van der Waals surface area contributed by atoms with Crippen LogP contribution in [-0.4, -0.2) is 62.4 Å². The van der Waals surface area contributed by atoms with Crippen LogP contribution in [0.5, 0.6) is 5.75 Å². The van der Waals surface area contributed by atoms with E-state index >= 15 is 0 Å². The number of imidazole rings is 1. The summed E-state index contributed by atoms with van der Waals surface area (Å²) >= 11 is 0. The van der Waals surface area contributed by atoms with Crippen LogP contribution >= 0.6 is 0 Å². The van der Waals surface area contributed by atoms with E-state index in [1.807, 2.05) is 0 Å². The Morgan fingerprint density at radius 1 is 1.38 bits per heavy atom. The molecule has 26 heavy (non-hydrogen) atoms. The Bertz CT molecular complexity index is 882. The van der Waals surface area contributed by atoms with Crippen molar-refractivity contribution in [2.24, 2.45) is 5.92 Å². The van der Waals surface area contributed by atoms with Gasteiger partial charge in [0.25, 0.3) is 0 Å². The fourth-order valence-corrected chi connectivity index (χ4v) is 4.22. The van der Waals surface area contributed by atoms with Gasteiger partial charge in [0, 0.05) is 32.4 Å². The third-order valence-corrected chi connectivity index (χ3v) is 6.55. The predicted octanol–water partition coefficient (Wildman–Crippen LogP) is 1.78. The zero-order valence-corrected chi connectivity index (χ0v) is 15.7. The van der Waals surface area contributed by atoms with E-state index in [4.69, 9.17) is 9.47 Å². The van der Waals surface area contributed by atoms with E-state index in [9.17, 15) is 12.8 Å². The van der Waals surface area contributed by atoms with Crippen LogP contribution < -0.4 is 4.74 Å². The third-order valence-electron chi connectivity index (χ3n) is 4.59. The molecule has 0 aliphatic carbocycles. The molecule has 1 aliphatic heterocycles. The Balaban J connectivity index is 1.95. The monoisotopic (exact) mass is 383 g/mol. The van der Waals surface area contributed by atoms with E-state index in [2.05, 4.69) is 4.98 Å². The predicted molar refractivity (Wildman–Crippen MR) is 95.0 cm³/mol. The van der Waals surface area contributed by atoms with Crippen molar-refractivity contribution in [3.8, 4) is 17.1 Å². The van der Waals surface area contributed by atoms with Gasteiger partial charge in [0.05, 0.1) is 37.7 Å². The van der Waals surface area contributed by atoms with Crippen molar-refractivity contribution in [1.82, 2.24) is 13.9 Å². The summed E-state index contributed by atoms with van der Waals surface area (Å²) in [4.78, 5) is 4.29. The molecule has 0 amide bonds. The van der Waals surface area contributed by atoms with Crippen LogP contribution in [0.3, 0.4) is 0 Å². The van der Waals surface area contributed by atoms with Crippen LogP contribution in [0.1, 0.15) is 6.04 Å². The summed E-state index contributed by atoms with van der Waals surface area (Å²) in [5.41, 5.74) is 0.301. The molecule has 1 aromatic heterocycles. The summed E-state index contributed by atoms with van der Waals surface area (Å²) < 4.78 is 52.6.